The number of nitrogens with zero attached hydrogens (tertiary/aromatic N) is 3. The third-order valence-electron chi connectivity index (χ3n) is 6.02. The minimum atomic E-state index is -0.495. The summed E-state index contributed by atoms with van der Waals surface area (Å²) in [6, 6.07) is 27.7. The largest absolute Gasteiger partial charge is 0.489 e. The molecule has 5 rings (SSSR count). The van der Waals surface area contributed by atoms with Crippen LogP contribution in [0.1, 0.15) is 24.2 Å². The van der Waals surface area contributed by atoms with E-state index in [1.807, 2.05) is 71.6 Å². The van der Waals surface area contributed by atoms with Crippen molar-refractivity contribution in [3.63, 3.8) is 0 Å². The Hall–Kier alpha value is -3.22. The average molecular weight is 585 g/mol. The first-order chi connectivity index (χ1) is 18.3. The predicted molar refractivity (Wildman–Crippen MR) is 156 cm³/mol. The summed E-state index contributed by atoms with van der Waals surface area (Å²) in [7, 11) is 0. The highest BCUT2D eigenvalue weighted by molar-refractivity contribution is 6.45. The molecule has 9 heteroatoms. The molecule has 0 N–H and O–H groups in total. The summed E-state index contributed by atoms with van der Waals surface area (Å²) < 4.78 is 5.97. The lowest BCUT2D eigenvalue weighted by molar-refractivity contribution is -0.111. The summed E-state index contributed by atoms with van der Waals surface area (Å²) in [5, 5.41) is 8.56. The van der Waals surface area contributed by atoms with Crippen molar-refractivity contribution in [3.05, 3.63) is 122 Å². The lowest BCUT2D eigenvalue weighted by Gasteiger charge is -2.32. The van der Waals surface area contributed by atoms with Gasteiger partial charge in [0.2, 0.25) is 0 Å². The van der Waals surface area contributed by atoms with Crippen LogP contribution >= 0.6 is 46.4 Å². The highest BCUT2D eigenvalue weighted by Gasteiger charge is 2.39. The van der Waals surface area contributed by atoms with E-state index in [0.717, 1.165) is 16.8 Å². The Morgan fingerprint density at radius 2 is 1.50 bits per heavy atom. The summed E-state index contributed by atoms with van der Waals surface area (Å²) in [5.41, 5.74) is 3.21. The Bertz CT molecular complexity index is 1510. The fourth-order valence-corrected chi connectivity index (χ4v) is 4.77. The van der Waals surface area contributed by atoms with Gasteiger partial charge in [-0.05, 0) is 66.2 Å². The van der Waals surface area contributed by atoms with Crippen molar-refractivity contribution in [3.8, 4) is 5.75 Å². The first-order valence-electron chi connectivity index (χ1n) is 11.7. The zero-order valence-electron chi connectivity index (χ0n) is 20.1. The van der Waals surface area contributed by atoms with Gasteiger partial charge in [-0.3, -0.25) is 9.69 Å². The fraction of sp³-hybridized carbons (Fsp3) is 0.103. The van der Waals surface area contributed by atoms with Crippen molar-refractivity contribution in [2.45, 2.75) is 19.7 Å². The van der Waals surface area contributed by atoms with Crippen LogP contribution in [0.2, 0.25) is 20.1 Å². The SMILES string of the molecule is CC(=O)C1=NN(c2ccc(Cl)cc2)C(c2ccc(OCc3ccccc3Cl)cc2)N1c1ccc(Cl)c(Cl)c1. The zero-order valence-corrected chi connectivity index (χ0v) is 23.1. The lowest BCUT2D eigenvalue weighted by Crippen LogP contribution is -2.37. The summed E-state index contributed by atoms with van der Waals surface area (Å²) in [4.78, 5) is 14.6. The number of anilines is 2. The molecule has 1 heterocycles. The molecule has 1 aliphatic heterocycles. The number of ether oxygens (including phenoxy) is 1. The number of carbonyl (C=O) groups is 1. The van der Waals surface area contributed by atoms with Crippen LogP contribution in [0.3, 0.4) is 0 Å². The van der Waals surface area contributed by atoms with Crippen LogP contribution in [0.15, 0.2) is 96.1 Å². The molecule has 0 bridgehead atoms. The molecule has 0 saturated heterocycles. The van der Waals surface area contributed by atoms with Crippen molar-refractivity contribution in [2.24, 2.45) is 5.10 Å². The molecule has 192 valence electrons. The van der Waals surface area contributed by atoms with E-state index in [4.69, 9.17) is 56.2 Å². The van der Waals surface area contributed by atoms with Crippen molar-refractivity contribution in [1.82, 2.24) is 0 Å². The van der Waals surface area contributed by atoms with Gasteiger partial charge in [0.05, 0.1) is 15.7 Å². The first-order valence-corrected chi connectivity index (χ1v) is 13.2. The molecule has 0 radical (unpaired) electrons. The van der Waals surface area contributed by atoms with Crippen LogP contribution in [0.4, 0.5) is 11.4 Å². The third kappa shape index (κ3) is 5.47. The van der Waals surface area contributed by atoms with E-state index >= 15 is 0 Å². The normalized spacial score (nSPS) is 15.0. The number of halogens is 4. The van der Waals surface area contributed by atoms with Crippen LogP contribution in [-0.2, 0) is 11.4 Å². The van der Waals surface area contributed by atoms with Gasteiger partial charge in [0.1, 0.15) is 12.4 Å². The van der Waals surface area contributed by atoms with E-state index in [1.54, 1.807) is 29.3 Å². The minimum absolute atomic E-state index is 0.197. The number of benzene rings is 4. The number of carbonyl (C=O) groups excluding carboxylic acids is 1. The Kier molecular flexibility index (Phi) is 7.82. The maximum atomic E-state index is 12.8. The average Bonchev–Trinajstić information content (AvgIpc) is 3.31. The number of hydrazone groups is 1. The molecule has 1 unspecified atom stereocenters. The molecule has 4 aromatic carbocycles. The van der Waals surface area contributed by atoms with Gasteiger partial charge >= 0.3 is 0 Å². The number of hydrogen-bond acceptors (Lipinski definition) is 5. The van der Waals surface area contributed by atoms with Crippen LogP contribution in [0, 0.1) is 0 Å². The van der Waals surface area contributed by atoms with E-state index in [2.05, 4.69) is 0 Å². The number of rotatable bonds is 7. The Balaban J connectivity index is 1.53. The highest BCUT2D eigenvalue weighted by atomic mass is 35.5. The zero-order chi connectivity index (χ0) is 26.8. The summed E-state index contributed by atoms with van der Waals surface area (Å²) in [6.07, 6.45) is -0.495. The van der Waals surface area contributed by atoms with Crippen LogP contribution in [0.5, 0.6) is 5.75 Å². The van der Waals surface area contributed by atoms with Crippen molar-refractivity contribution in [2.75, 3.05) is 9.91 Å². The topological polar surface area (TPSA) is 45.1 Å². The summed E-state index contributed by atoms with van der Waals surface area (Å²) >= 11 is 25.0. The summed E-state index contributed by atoms with van der Waals surface area (Å²) in [6.45, 7) is 1.82. The number of amidine groups is 1. The van der Waals surface area contributed by atoms with Gasteiger partial charge in [-0.1, -0.05) is 76.7 Å². The van der Waals surface area contributed by atoms with Crippen molar-refractivity contribution in [1.29, 1.82) is 0 Å². The van der Waals surface area contributed by atoms with E-state index in [9.17, 15) is 4.79 Å². The van der Waals surface area contributed by atoms with Gasteiger partial charge in [-0.2, -0.15) is 0 Å². The van der Waals surface area contributed by atoms with Gasteiger partial charge in [0.25, 0.3) is 0 Å². The predicted octanol–water partition coefficient (Wildman–Crippen LogP) is 8.81. The molecule has 0 aliphatic carbocycles. The smallest absolute Gasteiger partial charge is 0.198 e. The monoisotopic (exact) mass is 583 g/mol. The molecule has 0 saturated carbocycles. The van der Waals surface area contributed by atoms with Gasteiger partial charge in [-0.25, -0.2) is 5.01 Å². The van der Waals surface area contributed by atoms with Gasteiger partial charge in [0.15, 0.2) is 17.8 Å². The second-order valence-electron chi connectivity index (χ2n) is 8.59. The molecule has 0 fully saturated rings. The molecular weight excluding hydrogens is 564 g/mol. The van der Waals surface area contributed by atoms with Gasteiger partial charge < -0.3 is 4.74 Å². The molecule has 1 atom stereocenters. The Morgan fingerprint density at radius 3 is 2.16 bits per heavy atom. The van der Waals surface area contributed by atoms with Crippen molar-refractivity contribution >= 4 is 69.4 Å². The molecule has 38 heavy (non-hydrogen) atoms. The lowest BCUT2D eigenvalue weighted by atomic mass is 10.1. The standard InChI is InChI=1S/C29H21Cl4N3O2/c1-18(37)28-34-36(22-10-8-21(30)9-11-22)29(35(28)23-12-15-26(32)27(33)16-23)19-6-13-24(14-7-19)38-17-20-4-2-3-5-25(20)31/h2-16,29H,17H2,1H3. The molecule has 0 amide bonds. The minimum Gasteiger partial charge on any atom is -0.489 e. The maximum Gasteiger partial charge on any atom is 0.198 e. The third-order valence-corrected chi connectivity index (χ3v) is 7.38. The van der Waals surface area contributed by atoms with Gasteiger partial charge in [-0.15, -0.1) is 5.10 Å². The number of Topliss-reactive ketones (excluding diaryl/α,β-unsaturated/α-hetero) is 1. The quantitative estimate of drug-likeness (QED) is 0.218. The van der Waals surface area contributed by atoms with Crippen LogP contribution in [-0.4, -0.2) is 11.6 Å². The molecule has 0 aromatic heterocycles. The van der Waals surface area contributed by atoms with Crippen LogP contribution < -0.4 is 14.6 Å². The second kappa shape index (κ2) is 11.3. The van der Waals surface area contributed by atoms with Crippen molar-refractivity contribution < 1.29 is 9.53 Å². The van der Waals surface area contributed by atoms with E-state index in [0.29, 0.717) is 38.1 Å². The second-order valence-corrected chi connectivity index (χ2v) is 10.3. The molecule has 1 aliphatic rings. The Labute approximate surface area is 240 Å². The summed E-state index contributed by atoms with van der Waals surface area (Å²) in [5.74, 6) is 0.748. The van der Waals surface area contributed by atoms with E-state index < -0.39 is 6.17 Å². The van der Waals surface area contributed by atoms with E-state index in [-0.39, 0.29) is 11.6 Å². The maximum absolute atomic E-state index is 12.8. The molecule has 0 spiro atoms. The molecular formula is C29H21Cl4N3O2. The molecule has 4 aromatic rings. The number of ketones is 1. The Morgan fingerprint density at radius 1 is 0.816 bits per heavy atom. The number of hydrogen-bond donors (Lipinski definition) is 0. The molecule has 5 nitrogen and oxygen atoms in total. The van der Waals surface area contributed by atoms with Crippen LogP contribution in [0.25, 0.3) is 0 Å². The first kappa shape index (κ1) is 26.4. The van der Waals surface area contributed by atoms with Gasteiger partial charge in [0, 0.05) is 28.2 Å². The highest BCUT2D eigenvalue weighted by Crippen LogP contribution is 2.41. The fourth-order valence-electron chi connectivity index (χ4n) is 4.16. The van der Waals surface area contributed by atoms with E-state index in [1.165, 1.54) is 6.92 Å².